The van der Waals surface area contributed by atoms with Gasteiger partial charge in [0, 0.05) is 24.1 Å². The molecular weight excluding hydrogens is 210 g/mol. The Bertz CT molecular complexity index is 211. The lowest BCUT2D eigenvalue weighted by Gasteiger charge is -2.32. The van der Waals surface area contributed by atoms with E-state index in [-0.39, 0.29) is 5.54 Å². The summed E-state index contributed by atoms with van der Waals surface area (Å²) in [5, 5.41) is 3.66. The Kier molecular flexibility index (Phi) is 5.46. The molecule has 0 aromatic heterocycles. The zero-order valence-corrected chi connectivity index (χ0v) is 12.4. The van der Waals surface area contributed by atoms with Gasteiger partial charge in [0.2, 0.25) is 0 Å². The Balaban J connectivity index is 2.39. The molecule has 1 saturated heterocycles. The fourth-order valence-corrected chi connectivity index (χ4v) is 2.41. The number of hydrogen-bond donors (Lipinski definition) is 1. The van der Waals surface area contributed by atoms with E-state index >= 15 is 0 Å². The molecule has 0 aromatic rings. The van der Waals surface area contributed by atoms with Gasteiger partial charge in [-0.15, -0.1) is 0 Å². The Morgan fingerprint density at radius 1 is 1.29 bits per heavy atom. The maximum Gasteiger partial charge on any atom is 0.0535 e. The van der Waals surface area contributed by atoms with Crippen LogP contribution >= 0.6 is 0 Å². The normalized spacial score (nSPS) is 25.8. The van der Waals surface area contributed by atoms with Crippen LogP contribution in [0.5, 0.6) is 0 Å². The van der Waals surface area contributed by atoms with Gasteiger partial charge >= 0.3 is 0 Å². The zero-order valence-electron chi connectivity index (χ0n) is 12.4. The van der Waals surface area contributed by atoms with Gasteiger partial charge in [-0.3, -0.25) is 0 Å². The highest BCUT2D eigenvalue weighted by molar-refractivity contribution is 4.87. The van der Waals surface area contributed by atoms with E-state index in [0.29, 0.717) is 5.41 Å². The summed E-state index contributed by atoms with van der Waals surface area (Å²) in [5.74, 6) is 0.824. The highest BCUT2D eigenvalue weighted by atomic mass is 16.5. The van der Waals surface area contributed by atoms with Crippen molar-refractivity contribution in [3.8, 4) is 0 Å². The molecule has 1 heterocycles. The van der Waals surface area contributed by atoms with Crippen LogP contribution in [0.2, 0.25) is 0 Å². The van der Waals surface area contributed by atoms with Crippen molar-refractivity contribution in [2.45, 2.75) is 65.8 Å². The highest BCUT2D eigenvalue weighted by Gasteiger charge is 2.35. The minimum absolute atomic E-state index is 0.216. The van der Waals surface area contributed by atoms with Crippen molar-refractivity contribution < 1.29 is 4.74 Å². The van der Waals surface area contributed by atoms with Crippen molar-refractivity contribution in [1.82, 2.24) is 5.32 Å². The average Bonchev–Trinajstić information content (AvgIpc) is 2.63. The fourth-order valence-electron chi connectivity index (χ4n) is 2.41. The molecule has 2 nitrogen and oxygen atoms in total. The maximum absolute atomic E-state index is 5.64. The fraction of sp³-hybridized carbons (Fsp3) is 1.00. The van der Waals surface area contributed by atoms with Crippen LogP contribution in [0.4, 0.5) is 0 Å². The van der Waals surface area contributed by atoms with Crippen LogP contribution < -0.4 is 5.32 Å². The molecule has 0 saturated carbocycles. The maximum atomic E-state index is 5.64. The second kappa shape index (κ2) is 6.19. The molecular formula is C15H31NO. The van der Waals surface area contributed by atoms with Crippen molar-refractivity contribution in [2.24, 2.45) is 11.3 Å². The van der Waals surface area contributed by atoms with Crippen LogP contribution in [-0.2, 0) is 4.74 Å². The number of hydrogen-bond acceptors (Lipinski definition) is 2. The third kappa shape index (κ3) is 5.87. The Morgan fingerprint density at radius 3 is 2.47 bits per heavy atom. The summed E-state index contributed by atoms with van der Waals surface area (Å²) >= 11 is 0. The van der Waals surface area contributed by atoms with Crippen LogP contribution in [0.15, 0.2) is 0 Å². The third-order valence-electron chi connectivity index (χ3n) is 3.67. The van der Waals surface area contributed by atoms with E-state index in [2.05, 4.69) is 39.9 Å². The quantitative estimate of drug-likeness (QED) is 0.767. The van der Waals surface area contributed by atoms with Gasteiger partial charge in [0.15, 0.2) is 0 Å². The first-order valence-electron chi connectivity index (χ1n) is 7.16. The minimum atomic E-state index is 0.216. The van der Waals surface area contributed by atoms with Gasteiger partial charge in [-0.1, -0.05) is 26.7 Å². The second-order valence-corrected chi connectivity index (χ2v) is 7.19. The minimum Gasteiger partial charge on any atom is -0.381 e. The summed E-state index contributed by atoms with van der Waals surface area (Å²) in [6.45, 7) is 14.4. The van der Waals surface area contributed by atoms with Crippen LogP contribution in [0.3, 0.4) is 0 Å². The first kappa shape index (κ1) is 15.0. The molecule has 17 heavy (non-hydrogen) atoms. The molecule has 2 heteroatoms. The largest absolute Gasteiger partial charge is 0.381 e. The predicted octanol–water partition coefficient (Wildman–Crippen LogP) is 3.61. The SMILES string of the molecule is CC(C)CCCC1(CNC(C)(C)C)CCOC1. The molecule has 0 spiro atoms. The standard InChI is InChI=1S/C15H31NO/c1-13(2)7-6-8-15(9-10-17-12-15)11-16-14(3,4)5/h13,16H,6-12H2,1-5H3. The molecule has 0 aromatic carbocycles. The van der Waals surface area contributed by atoms with Gasteiger partial charge in [0.05, 0.1) is 6.61 Å². The molecule has 1 unspecified atom stereocenters. The number of ether oxygens (including phenoxy) is 1. The van der Waals surface area contributed by atoms with E-state index < -0.39 is 0 Å². The Labute approximate surface area is 108 Å². The molecule has 1 aliphatic rings. The molecule has 1 aliphatic heterocycles. The van der Waals surface area contributed by atoms with E-state index in [1.807, 2.05) is 0 Å². The summed E-state index contributed by atoms with van der Waals surface area (Å²) in [7, 11) is 0. The molecule has 0 aliphatic carbocycles. The lowest BCUT2D eigenvalue weighted by Crippen LogP contribution is -2.44. The average molecular weight is 241 g/mol. The van der Waals surface area contributed by atoms with Gasteiger partial charge in [-0.05, 0) is 39.5 Å². The Morgan fingerprint density at radius 2 is 2.00 bits per heavy atom. The summed E-state index contributed by atoms with van der Waals surface area (Å²) in [6.07, 6.45) is 5.23. The first-order chi connectivity index (χ1) is 7.83. The molecule has 1 atom stereocenters. The van der Waals surface area contributed by atoms with Crippen LogP contribution in [0.25, 0.3) is 0 Å². The number of nitrogens with one attached hydrogen (secondary N) is 1. The van der Waals surface area contributed by atoms with Gasteiger partial charge in [0.1, 0.15) is 0 Å². The Hall–Kier alpha value is -0.0800. The summed E-state index contributed by atoms with van der Waals surface area (Å²) < 4.78 is 5.64. The summed E-state index contributed by atoms with van der Waals surface area (Å²) in [6, 6.07) is 0. The monoisotopic (exact) mass is 241 g/mol. The molecule has 102 valence electrons. The molecule has 0 amide bonds. The molecule has 0 radical (unpaired) electrons. The van der Waals surface area contributed by atoms with Crippen LogP contribution in [0, 0.1) is 11.3 Å². The third-order valence-corrected chi connectivity index (χ3v) is 3.67. The van der Waals surface area contributed by atoms with Crippen molar-refractivity contribution in [2.75, 3.05) is 19.8 Å². The lowest BCUT2D eigenvalue weighted by molar-refractivity contribution is 0.135. The van der Waals surface area contributed by atoms with E-state index in [1.54, 1.807) is 0 Å². The van der Waals surface area contributed by atoms with E-state index in [1.165, 1.54) is 25.7 Å². The van der Waals surface area contributed by atoms with E-state index in [9.17, 15) is 0 Å². The predicted molar refractivity (Wildman–Crippen MR) is 74.3 cm³/mol. The van der Waals surface area contributed by atoms with Crippen molar-refractivity contribution in [3.05, 3.63) is 0 Å². The van der Waals surface area contributed by atoms with Gasteiger partial charge < -0.3 is 10.1 Å². The van der Waals surface area contributed by atoms with Crippen LogP contribution in [-0.4, -0.2) is 25.3 Å². The highest BCUT2D eigenvalue weighted by Crippen LogP contribution is 2.34. The lowest BCUT2D eigenvalue weighted by atomic mass is 9.80. The van der Waals surface area contributed by atoms with Crippen molar-refractivity contribution in [1.29, 1.82) is 0 Å². The molecule has 0 bridgehead atoms. The van der Waals surface area contributed by atoms with Crippen molar-refractivity contribution >= 4 is 0 Å². The molecule has 1 rings (SSSR count). The van der Waals surface area contributed by atoms with Gasteiger partial charge in [-0.25, -0.2) is 0 Å². The smallest absolute Gasteiger partial charge is 0.0535 e. The van der Waals surface area contributed by atoms with Crippen LogP contribution in [0.1, 0.15) is 60.3 Å². The number of rotatable bonds is 6. The zero-order chi connectivity index (χ0) is 12.9. The first-order valence-corrected chi connectivity index (χ1v) is 7.16. The van der Waals surface area contributed by atoms with E-state index in [4.69, 9.17) is 4.74 Å². The summed E-state index contributed by atoms with van der Waals surface area (Å²) in [5.41, 5.74) is 0.621. The van der Waals surface area contributed by atoms with Crippen molar-refractivity contribution in [3.63, 3.8) is 0 Å². The van der Waals surface area contributed by atoms with Gasteiger partial charge in [-0.2, -0.15) is 0 Å². The summed E-state index contributed by atoms with van der Waals surface area (Å²) in [4.78, 5) is 0. The molecule has 1 N–H and O–H groups in total. The van der Waals surface area contributed by atoms with E-state index in [0.717, 1.165) is 25.7 Å². The van der Waals surface area contributed by atoms with Gasteiger partial charge in [0.25, 0.3) is 0 Å². The second-order valence-electron chi connectivity index (χ2n) is 7.19. The topological polar surface area (TPSA) is 21.3 Å². The molecule has 1 fully saturated rings.